The molecular formula is C16H23N3O2. The van der Waals surface area contributed by atoms with E-state index >= 15 is 0 Å². The largest absolute Gasteiger partial charge is 0.393 e. The minimum absolute atomic E-state index is 0.0912. The second kappa shape index (κ2) is 6.74. The molecule has 0 saturated carbocycles. The van der Waals surface area contributed by atoms with Crippen molar-refractivity contribution in [2.45, 2.75) is 44.9 Å². The van der Waals surface area contributed by atoms with E-state index in [1.807, 2.05) is 37.4 Å². The molecule has 0 saturated heterocycles. The number of fused-ring (bicyclic) bond motifs is 1. The third kappa shape index (κ3) is 4.06. The molecule has 5 heteroatoms. The molecule has 3 unspecified atom stereocenters. The smallest absolute Gasteiger partial charge is 0.237 e. The zero-order chi connectivity index (χ0) is 15.4. The van der Waals surface area contributed by atoms with Crippen LogP contribution in [0.4, 0.5) is 0 Å². The number of aromatic amines is 1. The summed E-state index contributed by atoms with van der Waals surface area (Å²) in [5, 5.41) is 13.2. The zero-order valence-electron chi connectivity index (χ0n) is 12.5. The first kappa shape index (κ1) is 15.5. The molecule has 5 N–H and O–H groups in total. The summed E-state index contributed by atoms with van der Waals surface area (Å²) in [6.45, 7) is 3.57. The van der Waals surface area contributed by atoms with Crippen molar-refractivity contribution < 1.29 is 9.90 Å². The Morgan fingerprint density at radius 1 is 1.38 bits per heavy atom. The second-order valence-electron chi connectivity index (χ2n) is 5.66. The molecule has 0 aliphatic rings. The summed E-state index contributed by atoms with van der Waals surface area (Å²) in [5.41, 5.74) is 8.07. The van der Waals surface area contributed by atoms with Crippen molar-refractivity contribution in [3.8, 4) is 0 Å². The first-order valence-electron chi connectivity index (χ1n) is 7.26. The fourth-order valence-corrected chi connectivity index (χ4v) is 2.55. The lowest BCUT2D eigenvalue weighted by Crippen LogP contribution is -2.46. The molecule has 2 aromatic rings. The third-order valence-corrected chi connectivity index (χ3v) is 3.53. The summed E-state index contributed by atoms with van der Waals surface area (Å²) in [6, 6.07) is 7.26. The fourth-order valence-electron chi connectivity index (χ4n) is 2.55. The monoisotopic (exact) mass is 289 g/mol. The molecular weight excluding hydrogens is 266 g/mol. The van der Waals surface area contributed by atoms with Gasteiger partial charge in [-0.3, -0.25) is 4.79 Å². The standard InChI is InChI=1S/C16H23N3O2/c1-10(7-11(2)20)19-16(21)14(17)8-12-9-18-15-6-4-3-5-13(12)15/h3-6,9-11,14,18,20H,7-8,17H2,1-2H3,(H,19,21). The van der Waals surface area contributed by atoms with Crippen molar-refractivity contribution >= 4 is 16.8 Å². The Labute approximate surface area is 124 Å². The molecule has 2 rings (SSSR count). The lowest BCUT2D eigenvalue weighted by Gasteiger charge is -2.18. The molecule has 1 amide bonds. The molecule has 1 heterocycles. The molecule has 114 valence electrons. The minimum atomic E-state index is -0.597. The van der Waals surface area contributed by atoms with Crippen LogP contribution in [0.15, 0.2) is 30.5 Å². The quantitative estimate of drug-likeness (QED) is 0.646. The van der Waals surface area contributed by atoms with Gasteiger partial charge in [-0.05, 0) is 38.3 Å². The molecule has 0 aliphatic heterocycles. The van der Waals surface area contributed by atoms with E-state index in [0.29, 0.717) is 12.8 Å². The Balaban J connectivity index is 1.97. The van der Waals surface area contributed by atoms with Crippen LogP contribution in [-0.2, 0) is 11.2 Å². The van der Waals surface area contributed by atoms with Crippen LogP contribution >= 0.6 is 0 Å². The van der Waals surface area contributed by atoms with Crippen LogP contribution in [0.2, 0.25) is 0 Å². The van der Waals surface area contributed by atoms with E-state index < -0.39 is 12.1 Å². The molecule has 1 aromatic heterocycles. The Bertz CT molecular complexity index is 606. The molecule has 3 atom stereocenters. The number of para-hydroxylation sites is 1. The van der Waals surface area contributed by atoms with E-state index in [4.69, 9.17) is 5.73 Å². The Morgan fingerprint density at radius 2 is 2.10 bits per heavy atom. The molecule has 0 fully saturated rings. The predicted octanol–water partition coefficient (Wildman–Crippen LogP) is 1.31. The zero-order valence-corrected chi connectivity index (χ0v) is 12.5. The van der Waals surface area contributed by atoms with Crippen molar-refractivity contribution in [1.29, 1.82) is 0 Å². The number of rotatable bonds is 6. The van der Waals surface area contributed by atoms with E-state index in [1.165, 1.54) is 0 Å². The number of aromatic nitrogens is 1. The van der Waals surface area contributed by atoms with Crippen molar-refractivity contribution in [2.24, 2.45) is 5.73 Å². The van der Waals surface area contributed by atoms with Gasteiger partial charge in [-0.1, -0.05) is 18.2 Å². The van der Waals surface area contributed by atoms with E-state index in [1.54, 1.807) is 6.92 Å². The van der Waals surface area contributed by atoms with Crippen molar-refractivity contribution in [2.75, 3.05) is 0 Å². The number of nitrogens with one attached hydrogen (secondary N) is 2. The molecule has 0 spiro atoms. The van der Waals surface area contributed by atoms with Crippen molar-refractivity contribution in [3.63, 3.8) is 0 Å². The van der Waals surface area contributed by atoms with Crippen LogP contribution in [-0.4, -0.2) is 34.2 Å². The lowest BCUT2D eigenvalue weighted by atomic mass is 10.0. The van der Waals surface area contributed by atoms with Gasteiger partial charge < -0.3 is 21.1 Å². The number of hydrogen-bond donors (Lipinski definition) is 4. The molecule has 0 aliphatic carbocycles. The summed E-state index contributed by atoms with van der Waals surface area (Å²) >= 11 is 0. The normalized spacial score (nSPS) is 15.6. The maximum Gasteiger partial charge on any atom is 0.237 e. The second-order valence-corrected chi connectivity index (χ2v) is 5.66. The lowest BCUT2D eigenvalue weighted by molar-refractivity contribution is -0.123. The maximum absolute atomic E-state index is 12.1. The number of H-pyrrole nitrogens is 1. The van der Waals surface area contributed by atoms with Gasteiger partial charge in [0, 0.05) is 23.1 Å². The summed E-state index contributed by atoms with van der Waals surface area (Å²) < 4.78 is 0. The Morgan fingerprint density at radius 3 is 2.81 bits per heavy atom. The summed E-state index contributed by atoms with van der Waals surface area (Å²) in [5.74, 6) is -0.187. The van der Waals surface area contributed by atoms with E-state index in [9.17, 15) is 9.90 Å². The van der Waals surface area contributed by atoms with Crippen molar-refractivity contribution in [1.82, 2.24) is 10.3 Å². The molecule has 21 heavy (non-hydrogen) atoms. The van der Waals surface area contributed by atoms with Gasteiger partial charge in [-0.25, -0.2) is 0 Å². The van der Waals surface area contributed by atoms with Gasteiger partial charge in [0.1, 0.15) is 0 Å². The highest BCUT2D eigenvalue weighted by molar-refractivity contribution is 5.86. The van der Waals surface area contributed by atoms with Crippen molar-refractivity contribution in [3.05, 3.63) is 36.0 Å². The number of hydrogen-bond acceptors (Lipinski definition) is 3. The molecule has 0 radical (unpaired) electrons. The van der Waals surface area contributed by atoms with Gasteiger partial charge in [0.25, 0.3) is 0 Å². The SMILES string of the molecule is CC(O)CC(C)NC(=O)C(N)Cc1c[nH]c2ccccc12. The molecule has 5 nitrogen and oxygen atoms in total. The average Bonchev–Trinajstić information content (AvgIpc) is 2.81. The number of carbonyl (C=O) groups is 1. The number of amides is 1. The van der Waals surface area contributed by atoms with Crippen LogP contribution < -0.4 is 11.1 Å². The highest BCUT2D eigenvalue weighted by Crippen LogP contribution is 2.18. The molecule has 1 aromatic carbocycles. The average molecular weight is 289 g/mol. The van der Waals surface area contributed by atoms with Crippen LogP contribution in [0.25, 0.3) is 10.9 Å². The van der Waals surface area contributed by atoms with Crippen LogP contribution in [0, 0.1) is 0 Å². The van der Waals surface area contributed by atoms with E-state index in [2.05, 4.69) is 10.3 Å². The topological polar surface area (TPSA) is 91.1 Å². The highest BCUT2D eigenvalue weighted by Gasteiger charge is 2.18. The Hall–Kier alpha value is -1.85. The summed E-state index contributed by atoms with van der Waals surface area (Å²) in [4.78, 5) is 15.2. The van der Waals surface area contributed by atoms with Gasteiger partial charge in [-0.2, -0.15) is 0 Å². The van der Waals surface area contributed by atoms with Crippen LogP contribution in [0.1, 0.15) is 25.8 Å². The Kier molecular flexibility index (Phi) is 4.98. The van der Waals surface area contributed by atoms with Gasteiger partial charge in [0.05, 0.1) is 12.1 Å². The van der Waals surface area contributed by atoms with Gasteiger partial charge in [-0.15, -0.1) is 0 Å². The third-order valence-electron chi connectivity index (χ3n) is 3.53. The predicted molar refractivity (Wildman–Crippen MR) is 83.9 cm³/mol. The number of aliphatic hydroxyl groups is 1. The minimum Gasteiger partial charge on any atom is -0.393 e. The number of aliphatic hydroxyl groups excluding tert-OH is 1. The first-order chi connectivity index (χ1) is 9.97. The summed E-state index contributed by atoms with van der Waals surface area (Å²) in [7, 11) is 0. The number of nitrogens with two attached hydrogens (primary N) is 1. The first-order valence-corrected chi connectivity index (χ1v) is 7.26. The number of carbonyl (C=O) groups excluding carboxylic acids is 1. The summed E-state index contributed by atoms with van der Waals surface area (Å²) in [6.07, 6.45) is 2.46. The fraction of sp³-hybridized carbons (Fsp3) is 0.438. The van der Waals surface area contributed by atoms with E-state index in [-0.39, 0.29) is 11.9 Å². The highest BCUT2D eigenvalue weighted by atomic mass is 16.3. The maximum atomic E-state index is 12.1. The molecule has 0 bridgehead atoms. The van der Waals surface area contributed by atoms with Gasteiger partial charge in [0.2, 0.25) is 5.91 Å². The van der Waals surface area contributed by atoms with Crippen LogP contribution in [0.3, 0.4) is 0 Å². The number of benzene rings is 1. The van der Waals surface area contributed by atoms with E-state index in [0.717, 1.165) is 16.5 Å². The van der Waals surface area contributed by atoms with Crippen LogP contribution in [0.5, 0.6) is 0 Å². The van der Waals surface area contributed by atoms with Gasteiger partial charge in [0.15, 0.2) is 0 Å². The van der Waals surface area contributed by atoms with Gasteiger partial charge >= 0.3 is 0 Å².